The van der Waals surface area contributed by atoms with Crippen molar-refractivity contribution in [3.8, 4) is 22.9 Å². The van der Waals surface area contributed by atoms with Gasteiger partial charge in [0.2, 0.25) is 5.88 Å². The van der Waals surface area contributed by atoms with Crippen LogP contribution in [0.3, 0.4) is 0 Å². The number of aromatic nitrogens is 2. The van der Waals surface area contributed by atoms with Crippen LogP contribution in [0.2, 0.25) is 10.0 Å². The summed E-state index contributed by atoms with van der Waals surface area (Å²) in [5.41, 5.74) is 1.09. The SMILES string of the molecule is CC(C)(C)OC(=O)N1CCN(c2ncc(Oc3cc(CO)cc(-c4cc(Cl)cc(Cl)c4)n3)cc2F)CC1. The molecule has 3 aromatic rings. The molecule has 8 nitrogen and oxygen atoms in total. The molecule has 0 radical (unpaired) electrons. The Morgan fingerprint density at radius 1 is 1.05 bits per heavy atom. The molecule has 11 heteroatoms. The van der Waals surface area contributed by atoms with Crippen LogP contribution in [0.4, 0.5) is 15.0 Å². The van der Waals surface area contributed by atoms with Crippen LogP contribution >= 0.6 is 23.2 Å². The Balaban J connectivity index is 1.47. The van der Waals surface area contributed by atoms with Crippen molar-refractivity contribution in [2.45, 2.75) is 33.0 Å². The van der Waals surface area contributed by atoms with Gasteiger partial charge in [0.05, 0.1) is 18.5 Å². The van der Waals surface area contributed by atoms with Gasteiger partial charge in [0.15, 0.2) is 17.4 Å². The summed E-state index contributed by atoms with van der Waals surface area (Å²) >= 11 is 12.2. The lowest BCUT2D eigenvalue weighted by molar-refractivity contribution is 0.0240. The maximum Gasteiger partial charge on any atom is 0.410 e. The molecular formula is C26H27Cl2FN4O4. The number of carbonyl (C=O) groups excluding carboxylic acids is 1. The van der Waals surface area contributed by atoms with E-state index in [2.05, 4.69) is 9.97 Å². The Morgan fingerprint density at radius 3 is 2.32 bits per heavy atom. The van der Waals surface area contributed by atoms with Gasteiger partial charge >= 0.3 is 6.09 Å². The fourth-order valence-electron chi connectivity index (χ4n) is 3.80. The molecule has 1 N–H and O–H groups in total. The van der Waals surface area contributed by atoms with Crippen LogP contribution in [0.5, 0.6) is 11.6 Å². The molecule has 0 unspecified atom stereocenters. The van der Waals surface area contributed by atoms with Crippen LogP contribution in [-0.4, -0.2) is 57.8 Å². The van der Waals surface area contributed by atoms with Crippen LogP contribution in [0, 0.1) is 5.82 Å². The monoisotopic (exact) mass is 548 g/mol. The molecule has 0 atom stereocenters. The van der Waals surface area contributed by atoms with E-state index >= 15 is 4.39 Å². The first-order chi connectivity index (χ1) is 17.5. The van der Waals surface area contributed by atoms with Gasteiger partial charge in [0.1, 0.15) is 5.60 Å². The van der Waals surface area contributed by atoms with Crippen LogP contribution in [0.15, 0.2) is 42.6 Å². The number of aliphatic hydroxyl groups excluding tert-OH is 1. The minimum atomic E-state index is -0.578. The molecule has 1 saturated heterocycles. The second-order valence-corrected chi connectivity index (χ2v) is 10.4. The van der Waals surface area contributed by atoms with E-state index in [1.807, 2.05) is 20.8 Å². The molecule has 0 bridgehead atoms. The van der Waals surface area contributed by atoms with E-state index in [4.69, 9.17) is 32.7 Å². The summed E-state index contributed by atoms with van der Waals surface area (Å²) in [6.45, 7) is 6.80. The first-order valence-electron chi connectivity index (χ1n) is 11.7. The van der Waals surface area contributed by atoms with Gasteiger partial charge in [-0.3, -0.25) is 0 Å². The van der Waals surface area contributed by atoms with Gasteiger partial charge in [-0.25, -0.2) is 19.2 Å². The molecule has 0 spiro atoms. The van der Waals surface area contributed by atoms with E-state index in [1.165, 1.54) is 12.3 Å². The van der Waals surface area contributed by atoms with Crippen LogP contribution in [0.25, 0.3) is 11.3 Å². The van der Waals surface area contributed by atoms with Gasteiger partial charge < -0.3 is 24.4 Å². The van der Waals surface area contributed by atoms with Crippen molar-refractivity contribution < 1.29 is 23.8 Å². The van der Waals surface area contributed by atoms with Gasteiger partial charge in [-0.2, -0.15) is 0 Å². The molecule has 0 aliphatic carbocycles. The minimum absolute atomic E-state index is 0.145. The normalized spacial score (nSPS) is 14.0. The lowest BCUT2D eigenvalue weighted by Crippen LogP contribution is -2.50. The number of pyridine rings is 2. The largest absolute Gasteiger partial charge is 0.444 e. The summed E-state index contributed by atoms with van der Waals surface area (Å²) in [6, 6.07) is 9.46. The summed E-state index contributed by atoms with van der Waals surface area (Å²) in [4.78, 5) is 24.4. The minimum Gasteiger partial charge on any atom is -0.444 e. The predicted octanol–water partition coefficient (Wildman–Crippen LogP) is 5.93. The van der Waals surface area contributed by atoms with Crippen molar-refractivity contribution >= 4 is 35.1 Å². The molecule has 2 aromatic heterocycles. The molecule has 1 amide bonds. The van der Waals surface area contributed by atoms with E-state index in [0.29, 0.717) is 53.0 Å². The maximum atomic E-state index is 15.0. The number of anilines is 1. The summed E-state index contributed by atoms with van der Waals surface area (Å²) in [6.07, 6.45) is 1.02. The molecule has 1 aromatic carbocycles. The van der Waals surface area contributed by atoms with Crippen LogP contribution < -0.4 is 9.64 Å². The van der Waals surface area contributed by atoms with E-state index in [9.17, 15) is 9.90 Å². The number of aliphatic hydroxyl groups is 1. The Bertz CT molecular complexity index is 1270. The predicted molar refractivity (Wildman–Crippen MR) is 140 cm³/mol. The smallest absolute Gasteiger partial charge is 0.410 e. The van der Waals surface area contributed by atoms with E-state index in [0.717, 1.165) is 0 Å². The average Bonchev–Trinajstić information content (AvgIpc) is 2.82. The maximum absolute atomic E-state index is 15.0. The third-order valence-corrected chi connectivity index (χ3v) is 5.89. The number of benzene rings is 1. The third-order valence-electron chi connectivity index (χ3n) is 5.45. The van der Waals surface area contributed by atoms with Crippen molar-refractivity contribution in [3.05, 3.63) is 64.0 Å². The summed E-state index contributed by atoms with van der Waals surface area (Å²) in [5.74, 6) is -0.102. The molecule has 1 aliphatic heterocycles. The highest BCUT2D eigenvalue weighted by Gasteiger charge is 2.27. The zero-order valence-corrected chi connectivity index (χ0v) is 22.2. The first-order valence-corrected chi connectivity index (χ1v) is 12.4. The van der Waals surface area contributed by atoms with Crippen molar-refractivity contribution in [1.82, 2.24) is 14.9 Å². The van der Waals surface area contributed by atoms with Crippen LogP contribution in [0.1, 0.15) is 26.3 Å². The lowest BCUT2D eigenvalue weighted by Gasteiger charge is -2.36. The van der Waals surface area contributed by atoms with Gasteiger partial charge in [-0.1, -0.05) is 23.2 Å². The van der Waals surface area contributed by atoms with Gasteiger partial charge in [-0.05, 0) is 50.6 Å². The number of halogens is 3. The molecular weight excluding hydrogens is 522 g/mol. The molecule has 4 rings (SSSR count). The Hall–Kier alpha value is -3.14. The van der Waals surface area contributed by atoms with Crippen molar-refractivity contribution in [3.63, 3.8) is 0 Å². The number of carbonyl (C=O) groups is 1. The second-order valence-electron chi connectivity index (χ2n) is 9.55. The third kappa shape index (κ3) is 7.00. The van der Waals surface area contributed by atoms with Crippen LogP contribution in [-0.2, 0) is 11.3 Å². The lowest BCUT2D eigenvalue weighted by atomic mass is 10.1. The number of piperazine rings is 1. The highest BCUT2D eigenvalue weighted by atomic mass is 35.5. The molecule has 3 heterocycles. The quantitative estimate of drug-likeness (QED) is 0.422. The number of nitrogens with zero attached hydrogens (tertiary/aromatic N) is 4. The Morgan fingerprint density at radius 2 is 1.73 bits per heavy atom. The van der Waals surface area contributed by atoms with E-state index in [1.54, 1.807) is 40.1 Å². The van der Waals surface area contributed by atoms with Crippen molar-refractivity contribution in [1.29, 1.82) is 0 Å². The number of amides is 1. The number of hydrogen-bond donors (Lipinski definition) is 1. The molecule has 1 aliphatic rings. The summed E-state index contributed by atoms with van der Waals surface area (Å²) in [5, 5.41) is 10.6. The number of rotatable bonds is 5. The second kappa shape index (κ2) is 11.1. The Labute approximate surface area is 224 Å². The zero-order chi connectivity index (χ0) is 26.7. The number of ether oxygens (including phenoxy) is 2. The molecule has 0 saturated carbocycles. The average molecular weight is 549 g/mol. The van der Waals surface area contributed by atoms with Gasteiger partial charge in [-0.15, -0.1) is 0 Å². The zero-order valence-electron chi connectivity index (χ0n) is 20.7. The topological polar surface area (TPSA) is 88.0 Å². The van der Waals surface area contributed by atoms with Crippen molar-refractivity contribution in [2.24, 2.45) is 0 Å². The molecule has 196 valence electrons. The fourth-order valence-corrected chi connectivity index (χ4v) is 4.33. The Kier molecular flexibility index (Phi) is 8.06. The first kappa shape index (κ1) is 26.9. The summed E-state index contributed by atoms with van der Waals surface area (Å²) < 4.78 is 26.2. The van der Waals surface area contributed by atoms with Gasteiger partial charge in [0, 0.05) is 53.9 Å². The molecule has 1 fully saturated rings. The van der Waals surface area contributed by atoms with Gasteiger partial charge in [0.25, 0.3) is 0 Å². The highest BCUT2D eigenvalue weighted by Crippen LogP contribution is 2.31. The number of hydrogen-bond acceptors (Lipinski definition) is 7. The summed E-state index contributed by atoms with van der Waals surface area (Å²) in [7, 11) is 0. The standard InChI is InChI=1S/C26H27Cl2FN4O4/c1-26(2,3)37-25(35)33-6-4-32(5-7-33)24-21(29)13-20(14-30-24)36-23-9-16(15-34)8-22(31-23)17-10-18(27)12-19(28)11-17/h8-14,34H,4-7,15H2,1-3H3. The fraction of sp³-hybridized carbons (Fsp3) is 0.346. The van der Waals surface area contributed by atoms with E-state index < -0.39 is 11.4 Å². The van der Waals surface area contributed by atoms with E-state index in [-0.39, 0.29) is 30.1 Å². The van der Waals surface area contributed by atoms with Crippen molar-refractivity contribution in [2.75, 3.05) is 31.1 Å². The molecule has 37 heavy (non-hydrogen) atoms. The highest BCUT2D eigenvalue weighted by molar-refractivity contribution is 6.35.